The molecule has 1 fully saturated rings. The Balaban J connectivity index is 1.83. The second-order valence-electron chi connectivity index (χ2n) is 5.95. The lowest BCUT2D eigenvalue weighted by atomic mass is 10.1. The summed E-state index contributed by atoms with van der Waals surface area (Å²) in [5, 5.41) is 3.54. The minimum atomic E-state index is 0.207. The van der Waals surface area contributed by atoms with Gasteiger partial charge in [-0.2, -0.15) is 0 Å². The van der Waals surface area contributed by atoms with Gasteiger partial charge in [-0.3, -0.25) is 4.90 Å². The third-order valence-corrected chi connectivity index (χ3v) is 4.16. The van der Waals surface area contributed by atoms with Crippen molar-refractivity contribution in [3.8, 4) is 0 Å². The van der Waals surface area contributed by atoms with Crippen LogP contribution in [0.4, 0.5) is 0 Å². The van der Waals surface area contributed by atoms with E-state index < -0.39 is 0 Å². The lowest BCUT2D eigenvalue weighted by Crippen LogP contribution is -2.34. The van der Waals surface area contributed by atoms with Gasteiger partial charge in [0.25, 0.3) is 0 Å². The second kappa shape index (κ2) is 5.51. The maximum atomic E-state index is 3.54. The lowest BCUT2D eigenvalue weighted by Gasteiger charge is -2.19. The Bertz CT molecular complexity index is 345. The highest BCUT2D eigenvalue weighted by Gasteiger charge is 2.13. The highest BCUT2D eigenvalue weighted by atomic mass is 32.1. The van der Waals surface area contributed by atoms with E-state index in [4.69, 9.17) is 0 Å². The molecule has 0 aromatic carbocycles. The van der Waals surface area contributed by atoms with Crippen molar-refractivity contribution in [1.29, 1.82) is 0 Å². The van der Waals surface area contributed by atoms with Crippen molar-refractivity contribution < 1.29 is 0 Å². The molecule has 2 heterocycles. The van der Waals surface area contributed by atoms with Gasteiger partial charge >= 0.3 is 0 Å². The maximum Gasteiger partial charge on any atom is 0.0328 e. The molecule has 1 aliphatic heterocycles. The summed E-state index contributed by atoms with van der Waals surface area (Å²) in [5.41, 5.74) is 0.207. The standard InChI is InChI=1S/C14H24N2S/c1-14(2,3)15-10-12-6-7-13(17-12)11-16-8-4-5-9-16/h6-7,15H,4-5,8-11H2,1-3H3. The molecule has 0 aliphatic carbocycles. The molecule has 0 radical (unpaired) electrons. The Labute approximate surface area is 109 Å². The second-order valence-corrected chi connectivity index (χ2v) is 7.21. The van der Waals surface area contributed by atoms with Crippen LogP contribution in [-0.2, 0) is 13.1 Å². The number of nitrogens with zero attached hydrogens (tertiary/aromatic N) is 1. The third-order valence-electron chi connectivity index (χ3n) is 3.09. The van der Waals surface area contributed by atoms with Gasteiger partial charge in [-0.25, -0.2) is 0 Å². The number of hydrogen-bond donors (Lipinski definition) is 1. The number of hydrogen-bond acceptors (Lipinski definition) is 3. The largest absolute Gasteiger partial charge is 0.307 e. The molecule has 0 unspecified atom stereocenters. The normalized spacial score (nSPS) is 17.8. The average molecular weight is 252 g/mol. The average Bonchev–Trinajstić information content (AvgIpc) is 2.86. The predicted octanol–water partition coefficient (Wildman–Crippen LogP) is 3.23. The van der Waals surface area contributed by atoms with Crippen LogP contribution in [0.1, 0.15) is 43.4 Å². The molecule has 2 nitrogen and oxygen atoms in total. The number of likely N-dealkylation sites (tertiary alicyclic amines) is 1. The van der Waals surface area contributed by atoms with E-state index in [0.717, 1.165) is 13.1 Å². The smallest absolute Gasteiger partial charge is 0.0328 e. The van der Waals surface area contributed by atoms with Crippen LogP contribution in [0.2, 0.25) is 0 Å². The molecule has 0 saturated carbocycles. The van der Waals surface area contributed by atoms with Crippen LogP contribution in [0, 0.1) is 0 Å². The fraction of sp³-hybridized carbons (Fsp3) is 0.714. The molecule has 1 aromatic rings. The van der Waals surface area contributed by atoms with Crippen molar-refractivity contribution in [3.05, 3.63) is 21.9 Å². The summed E-state index contributed by atoms with van der Waals surface area (Å²) in [6.45, 7) is 11.4. The zero-order valence-corrected chi connectivity index (χ0v) is 12.1. The summed E-state index contributed by atoms with van der Waals surface area (Å²) in [7, 11) is 0. The van der Waals surface area contributed by atoms with Crippen molar-refractivity contribution in [2.24, 2.45) is 0 Å². The minimum Gasteiger partial charge on any atom is -0.307 e. The van der Waals surface area contributed by atoms with Crippen LogP contribution in [-0.4, -0.2) is 23.5 Å². The fourth-order valence-electron chi connectivity index (χ4n) is 2.12. The van der Waals surface area contributed by atoms with E-state index in [2.05, 4.69) is 43.1 Å². The molecular weight excluding hydrogens is 228 g/mol. The fourth-order valence-corrected chi connectivity index (χ4v) is 3.12. The molecule has 1 N–H and O–H groups in total. The molecule has 0 spiro atoms. The van der Waals surface area contributed by atoms with Crippen molar-refractivity contribution in [3.63, 3.8) is 0 Å². The summed E-state index contributed by atoms with van der Waals surface area (Å²) in [6, 6.07) is 4.57. The van der Waals surface area contributed by atoms with Gasteiger partial charge in [0.05, 0.1) is 0 Å². The molecule has 17 heavy (non-hydrogen) atoms. The van der Waals surface area contributed by atoms with E-state index in [9.17, 15) is 0 Å². The molecule has 1 saturated heterocycles. The number of thiophene rings is 1. The van der Waals surface area contributed by atoms with Crippen molar-refractivity contribution in [1.82, 2.24) is 10.2 Å². The van der Waals surface area contributed by atoms with E-state index in [1.54, 1.807) is 0 Å². The Morgan fingerprint density at radius 2 is 1.82 bits per heavy atom. The summed E-state index contributed by atoms with van der Waals surface area (Å²) in [4.78, 5) is 5.53. The summed E-state index contributed by atoms with van der Waals surface area (Å²) in [5.74, 6) is 0. The van der Waals surface area contributed by atoms with Crippen molar-refractivity contribution >= 4 is 11.3 Å². The molecule has 0 amide bonds. The van der Waals surface area contributed by atoms with Crippen molar-refractivity contribution in [2.75, 3.05) is 13.1 Å². The summed E-state index contributed by atoms with van der Waals surface area (Å²) < 4.78 is 0. The van der Waals surface area contributed by atoms with Gasteiger partial charge in [0.15, 0.2) is 0 Å². The molecule has 2 rings (SSSR count). The summed E-state index contributed by atoms with van der Waals surface area (Å²) >= 11 is 1.96. The quantitative estimate of drug-likeness (QED) is 0.885. The van der Waals surface area contributed by atoms with Gasteiger partial charge < -0.3 is 5.32 Å². The van der Waals surface area contributed by atoms with E-state index in [1.807, 2.05) is 11.3 Å². The highest BCUT2D eigenvalue weighted by Crippen LogP contribution is 2.21. The zero-order valence-electron chi connectivity index (χ0n) is 11.3. The van der Waals surface area contributed by atoms with Crippen LogP contribution in [0.25, 0.3) is 0 Å². The Morgan fingerprint density at radius 3 is 2.47 bits per heavy atom. The molecule has 3 heteroatoms. The van der Waals surface area contributed by atoms with E-state index in [0.29, 0.717) is 0 Å². The van der Waals surface area contributed by atoms with Crippen molar-refractivity contribution in [2.45, 2.75) is 52.2 Å². The molecule has 96 valence electrons. The van der Waals surface area contributed by atoms with Crippen LogP contribution in [0.15, 0.2) is 12.1 Å². The van der Waals surface area contributed by atoms with Crippen LogP contribution >= 0.6 is 11.3 Å². The zero-order chi connectivity index (χ0) is 12.3. The molecule has 0 bridgehead atoms. The SMILES string of the molecule is CC(C)(C)NCc1ccc(CN2CCCC2)s1. The first-order valence-electron chi connectivity index (χ1n) is 6.58. The van der Waals surface area contributed by atoms with Gasteiger partial charge in [0.2, 0.25) is 0 Å². The molecular formula is C14H24N2S. The Morgan fingerprint density at radius 1 is 1.18 bits per heavy atom. The first-order chi connectivity index (χ1) is 8.03. The van der Waals surface area contributed by atoms with Crippen LogP contribution < -0.4 is 5.32 Å². The van der Waals surface area contributed by atoms with Gasteiger partial charge in [0, 0.05) is 28.4 Å². The van der Waals surface area contributed by atoms with Gasteiger partial charge in [-0.15, -0.1) is 11.3 Å². The third kappa shape index (κ3) is 4.41. The molecule has 1 aromatic heterocycles. The summed E-state index contributed by atoms with van der Waals surface area (Å²) in [6.07, 6.45) is 2.76. The van der Waals surface area contributed by atoms with Gasteiger partial charge in [-0.05, 0) is 58.8 Å². The van der Waals surface area contributed by atoms with Crippen LogP contribution in [0.3, 0.4) is 0 Å². The number of rotatable bonds is 4. The van der Waals surface area contributed by atoms with E-state index in [-0.39, 0.29) is 5.54 Å². The molecule has 1 aliphatic rings. The maximum absolute atomic E-state index is 3.54. The predicted molar refractivity (Wildman–Crippen MR) is 75.4 cm³/mol. The first kappa shape index (κ1) is 13.1. The van der Waals surface area contributed by atoms with E-state index >= 15 is 0 Å². The van der Waals surface area contributed by atoms with Gasteiger partial charge in [-0.1, -0.05) is 0 Å². The minimum absolute atomic E-state index is 0.207. The van der Waals surface area contributed by atoms with Gasteiger partial charge in [0.1, 0.15) is 0 Å². The van der Waals surface area contributed by atoms with E-state index in [1.165, 1.54) is 35.7 Å². The first-order valence-corrected chi connectivity index (χ1v) is 7.39. The highest BCUT2D eigenvalue weighted by molar-refractivity contribution is 7.11. The Hall–Kier alpha value is -0.380. The Kier molecular flexibility index (Phi) is 4.23. The van der Waals surface area contributed by atoms with Crippen LogP contribution in [0.5, 0.6) is 0 Å². The monoisotopic (exact) mass is 252 g/mol. The molecule has 0 atom stereocenters. The topological polar surface area (TPSA) is 15.3 Å². The number of nitrogens with one attached hydrogen (secondary N) is 1. The lowest BCUT2D eigenvalue weighted by molar-refractivity contribution is 0.334.